The van der Waals surface area contributed by atoms with Gasteiger partial charge in [0, 0.05) is 62.5 Å². The number of aliphatic hydroxyl groups is 1. The summed E-state index contributed by atoms with van der Waals surface area (Å²) in [5.74, 6) is -1.86. The molecule has 0 fully saturated rings. The number of carbonyl (C=O) groups is 1. The Hall–Kier alpha value is -8.59. The lowest BCUT2D eigenvalue weighted by molar-refractivity contribution is -0.122. The minimum atomic E-state index is -0.870. The quantitative estimate of drug-likeness (QED) is 0.147. The topological polar surface area (TPSA) is 172 Å². The number of hydrogen-bond acceptors (Lipinski definition) is 10. The Balaban J connectivity index is 0.860. The molecule has 4 heterocycles. The number of aryl methyl sites for hydroxylation is 1. The molecule has 4 aliphatic carbocycles. The maximum atomic E-state index is 15.7. The molecule has 0 amide bonds. The van der Waals surface area contributed by atoms with Crippen molar-refractivity contribution < 1.29 is 18.7 Å². The standard InChI is InChI=1S/C61H50F2N10O2/c1-35-50-24-22-48-54(46-8-4-6-10-52(46)62)70-72(58(48)60(50,2)27-39(29-64)56(35)74)43-17-12-36(13-18-43)38-26-42(69-68-33-38)16-21-45-51-25-23-49-55(47-9-5-7-11-53(47)63)71-73(59(49)61(51,3)28-40(30-65)57(45)75)44-19-14-37(15-20-44)41-31-66-34-67-32-41/h4-15,17-20,26-28,31-35,45,50-51,56,74H,16,21-25H2,1-3H3/t35-,45-,50-,51-,56?,60-,61-/m1/s1. The van der Waals surface area contributed by atoms with Crippen molar-refractivity contribution in [2.24, 2.45) is 23.7 Å². The molecule has 0 bridgehead atoms. The summed E-state index contributed by atoms with van der Waals surface area (Å²) in [5, 5.41) is 51.0. The van der Waals surface area contributed by atoms with Gasteiger partial charge < -0.3 is 5.11 Å². The van der Waals surface area contributed by atoms with Crippen LogP contribution in [0.3, 0.4) is 0 Å². The number of benzene rings is 4. The van der Waals surface area contributed by atoms with Gasteiger partial charge in [-0.25, -0.2) is 28.1 Å². The van der Waals surface area contributed by atoms with Crippen LogP contribution in [-0.2, 0) is 34.9 Å². The summed E-state index contributed by atoms with van der Waals surface area (Å²) in [6, 6.07) is 35.5. The van der Waals surface area contributed by atoms with Gasteiger partial charge in [0.2, 0.25) is 0 Å². The predicted octanol–water partition coefficient (Wildman–Crippen LogP) is 11.0. The van der Waals surface area contributed by atoms with Gasteiger partial charge in [-0.2, -0.15) is 30.9 Å². The van der Waals surface area contributed by atoms with Crippen LogP contribution >= 0.6 is 0 Å². The van der Waals surface area contributed by atoms with Gasteiger partial charge in [-0.3, -0.25) is 4.79 Å². The fraction of sp³-hybridized carbons (Fsp3) is 0.262. The Morgan fingerprint density at radius 2 is 1.24 bits per heavy atom. The van der Waals surface area contributed by atoms with E-state index < -0.39 is 22.9 Å². The molecule has 75 heavy (non-hydrogen) atoms. The molecule has 0 radical (unpaired) electrons. The number of Topliss-reactive ketones (excluding diaryl/α,β-unsaturated/α-hetero) is 1. The molecule has 0 saturated heterocycles. The average molecular weight is 993 g/mol. The molecular weight excluding hydrogens is 943 g/mol. The van der Waals surface area contributed by atoms with Crippen LogP contribution in [0.5, 0.6) is 0 Å². The zero-order valence-corrected chi connectivity index (χ0v) is 41.5. The lowest BCUT2D eigenvalue weighted by Gasteiger charge is -2.47. The zero-order chi connectivity index (χ0) is 51.8. The SMILES string of the molecule is C[C@H]1C(O)C(C#N)=C[C@@]2(C)c3c(c(-c4ccccc4F)nn3-c3ccc(-c4cnnc(CC[C@H]5C(=O)C(C#N)=C[C@@]6(C)c7c(c(-c8ccccc8F)nn7-c7ccc(-c8cncnc8)cc7)CC[C@H]56)c4)cc3)CC[C@H]12. The molecule has 0 saturated carbocycles. The number of aliphatic hydroxyl groups excluding tert-OH is 1. The van der Waals surface area contributed by atoms with E-state index in [1.165, 1.54) is 18.5 Å². The molecular formula is C61H50F2N10O2. The maximum absolute atomic E-state index is 15.7. The number of nitrogens with zero attached hydrogens (tertiary/aromatic N) is 10. The van der Waals surface area contributed by atoms with Crippen molar-refractivity contribution in [1.29, 1.82) is 10.5 Å². The van der Waals surface area contributed by atoms with Crippen molar-refractivity contribution in [2.75, 3.05) is 0 Å². The highest BCUT2D eigenvalue weighted by Gasteiger charge is 2.53. The predicted molar refractivity (Wildman–Crippen MR) is 278 cm³/mol. The van der Waals surface area contributed by atoms with E-state index in [0.29, 0.717) is 65.9 Å². The van der Waals surface area contributed by atoms with Crippen molar-refractivity contribution in [1.82, 2.24) is 39.7 Å². The molecule has 0 spiro atoms. The fourth-order valence-electron chi connectivity index (χ4n) is 13.1. The van der Waals surface area contributed by atoms with Crippen LogP contribution in [0.2, 0.25) is 0 Å². The first-order valence-corrected chi connectivity index (χ1v) is 25.4. The van der Waals surface area contributed by atoms with E-state index in [0.717, 1.165) is 62.6 Å². The molecule has 7 atom stereocenters. The lowest BCUT2D eigenvalue weighted by Crippen LogP contribution is -2.47. The normalized spacial score (nSPS) is 23.6. The zero-order valence-electron chi connectivity index (χ0n) is 41.5. The number of ketones is 1. The molecule has 4 aromatic heterocycles. The maximum Gasteiger partial charge on any atom is 0.176 e. The van der Waals surface area contributed by atoms with Crippen LogP contribution in [0.1, 0.15) is 68.2 Å². The number of nitriles is 2. The molecule has 370 valence electrons. The summed E-state index contributed by atoms with van der Waals surface area (Å²) in [5.41, 5.74) is 9.97. The Morgan fingerprint density at radius 1 is 0.693 bits per heavy atom. The Kier molecular flexibility index (Phi) is 11.6. The minimum absolute atomic E-state index is 0.0133. The van der Waals surface area contributed by atoms with Crippen LogP contribution < -0.4 is 0 Å². The van der Waals surface area contributed by atoms with Crippen molar-refractivity contribution in [2.45, 2.75) is 76.2 Å². The molecule has 0 aliphatic heterocycles. The van der Waals surface area contributed by atoms with E-state index >= 15 is 8.78 Å². The second kappa shape index (κ2) is 18.4. The van der Waals surface area contributed by atoms with Crippen molar-refractivity contribution in [3.05, 3.63) is 191 Å². The van der Waals surface area contributed by atoms with Crippen LogP contribution in [0, 0.1) is 58.0 Å². The second-order valence-electron chi connectivity index (χ2n) is 20.8. The number of hydrogen-bond donors (Lipinski definition) is 1. The Labute approximate surface area is 432 Å². The highest BCUT2D eigenvalue weighted by Crippen LogP contribution is 2.55. The first-order chi connectivity index (χ1) is 36.4. The van der Waals surface area contributed by atoms with Gasteiger partial charge in [-0.05, 0) is 122 Å². The summed E-state index contributed by atoms with van der Waals surface area (Å²) < 4.78 is 35.0. The molecule has 14 heteroatoms. The van der Waals surface area contributed by atoms with E-state index in [-0.39, 0.29) is 40.7 Å². The highest BCUT2D eigenvalue weighted by atomic mass is 19.1. The molecule has 8 aromatic rings. The van der Waals surface area contributed by atoms with Gasteiger partial charge in [0.15, 0.2) is 5.78 Å². The van der Waals surface area contributed by atoms with Gasteiger partial charge in [0.1, 0.15) is 24.0 Å². The third-order valence-electron chi connectivity index (χ3n) is 16.8. The van der Waals surface area contributed by atoms with Gasteiger partial charge >= 0.3 is 0 Å². The van der Waals surface area contributed by atoms with Crippen LogP contribution in [0.4, 0.5) is 8.78 Å². The smallest absolute Gasteiger partial charge is 0.176 e. The van der Waals surface area contributed by atoms with E-state index in [1.54, 1.807) is 55.0 Å². The summed E-state index contributed by atoms with van der Waals surface area (Å²) in [7, 11) is 0. The van der Waals surface area contributed by atoms with Crippen LogP contribution in [-0.4, -0.2) is 56.7 Å². The number of allylic oxidation sites excluding steroid dienone is 3. The summed E-state index contributed by atoms with van der Waals surface area (Å²) in [6.45, 7) is 6.17. The monoisotopic (exact) mass is 992 g/mol. The minimum Gasteiger partial charge on any atom is -0.387 e. The molecule has 1 N–H and O–H groups in total. The van der Waals surface area contributed by atoms with E-state index in [1.807, 2.05) is 83.0 Å². The average Bonchev–Trinajstić information content (AvgIpc) is 4.04. The largest absolute Gasteiger partial charge is 0.387 e. The van der Waals surface area contributed by atoms with Gasteiger partial charge in [-0.1, -0.05) is 81.5 Å². The van der Waals surface area contributed by atoms with Crippen LogP contribution in [0.15, 0.2) is 151 Å². The fourth-order valence-corrected chi connectivity index (χ4v) is 13.1. The van der Waals surface area contributed by atoms with Gasteiger partial charge in [0.25, 0.3) is 0 Å². The number of aromatic nitrogens is 8. The summed E-state index contributed by atoms with van der Waals surface area (Å²) >= 11 is 0. The molecule has 12 nitrogen and oxygen atoms in total. The van der Waals surface area contributed by atoms with E-state index in [4.69, 9.17) is 10.2 Å². The lowest BCUT2D eigenvalue weighted by atomic mass is 9.56. The van der Waals surface area contributed by atoms with Crippen molar-refractivity contribution in [3.8, 4) is 68.3 Å². The Morgan fingerprint density at radius 3 is 1.80 bits per heavy atom. The number of fused-ring (bicyclic) bond motifs is 6. The summed E-state index contributed by atoms with van der Waals surface area (Å²) in [6.07, 6.45) is 12.9. The van der Waals surface area contributed by atoms with Crippen molar-refractivity contribution >= 4 is 5.78 Å². The third kappa shape index (κ3) is 7.73. The second-order valence-corrected chi connectivity index (χ2v) is 20.8. The van der Waals surface area contributed by atoms with Crippen molar-refractivity contribution in [3.63, 3.8) is 0 Å². The number of halogens is 2. The van der Waals surface area contributed by atoms with E-state index in [2.05, 4.69) is 46.2 Å². The van der Waals surface area contributed by atoms with Gasteiger partial charge in [0.05, 0.1) is 69.4 Å². The van der Waals surface area contributed by atoms with Crippen LogP contribution in [0.25, 0.3) is 56.1 Å². The molecule has 12 rings (SSSR count). The third-order valence-corrected chi connectivity index (χ3v) is 16.8. The first kappa shape index (κ1) is 47.4. The van der Waals surface area contributed by atoms with E-state index in [9.17, 15) is 20.4 Å². The first-order valence-electron chi connectivity index (χ1n) is 25.4. The molecule has 4 aliphatic rings. The Bertz CT molecular complexity index is 3740. The van der Waals surface area contributed by atoms with Gasteiger partial charge in [-0.15, -0.1) is 0 Å². The molecule has 4 aromatic carbocycles. The molecule has 1 unspecified atom stereocenters. The number of rotatable bonds is 9. The summed E-state index contributed by atoms with van der Waals surface area (Å²) in [4.78, 5) is 22.8. The highest BCUT2D eigenvalue weighted by molar-refractivity contribution is 6.02. The number of carbonyl (C=O) groups excluding carboxylic acids is 1.